The third-order valence-corrected chi connectivity index (χ3v) is 7.14. The number of nitrogens with zero attached hydrogens (tertiary/aromatic N) is 1. The lowest BCUT2D eigenvalue weighted by atomic mass is 10.0. The molecule has 0 aliphatic carbocycles. The quantitative estimate of drug-likeness (QED) is 0.108. The second kappa shape index (κ2) is 19.5. The predicted octanol–water partition coefficient (Wildman–Crippen LogP) is 6.10. The fourth-order valence-corrected chi connectivity index (χ4v) is 4.33. The highest BCUT2D eigenvalue weighted by atomic mass is 31.2. The molecule has 31 heavy (non-hydrogen) atoms. The van der Waals surface area contributed by atoms with E-state index in [1.165, 1.54) is 77.0 Å². The largest absolute Gasteiger partial charge is 0.381 e. The second-order valence-electron chi connectivity index (χ2n) is 9.89. The van der Waals surface area contributed by atoms with Crippen LogP contribution in [0.1, 0.15) is 103 Å². The van der Waals surface area contributed by atoms with Crippen LogP contribution in [0.3, 0.4) is 0 Å². The molecule has 2 N–H and O–H groups in total. The summed E-state index contributed by atoms with van der Waals surface area (Å²) < 4.78 is 23.2. The second-order valence-corrected chi connectivity index (χ2v) is 11.9. The van der Waals surface area contributed by atoms with Gasteiger partial charge in [-0.2, -0.15) is 0 Å². The predicted molar refractivity (Wildman–Crippen MR) is 130 cm³/mol. The number of aliphatic hydroxyl groups is 1. The van der Waals surface area contributed by atoms with Gasteiger partial charge >= 0.3 is 7.60 Å². The molecule has 2 unspecified atom stereocenters. The molecule has 0 bridgehead atoms. The first-order valence-corrected chi connectivity index (χ1v) is 14.4. The molecule has 0 heterocycles. The van der Waals surface area contributed by atoms with Crippen LogP contribution in [0, 0.1) is 0 Å². The Morgan fingerprint density at radius 1 is 0.742 bits per heavy atom. The zero-order valence-electron chi connectivity index (χ0n) is 21.0. The van der Waals surface area contributed by atoms with E-state index in [4.69, 9.17) is 9.26 Å². The van der Waals surface area contributed by atoms with Crippen LogP contribution in [0.5, 0.6) is 0 Å². The maximum atomic E-state index is 12.0. The van der Waals surface area contributed by atoms with E-state index < -0.39 is 13.4 Å². The molecule has 0 fully saturated rings. The van der Waals surface area contributed by atoms with Crippen molar-refractivity contribution in [3.8, 4) is 0 Å². The molecule has 0 spiro atoms. The van der Waals surface area contributed by atoms with Crippen molar-refractivity contribution in [2.24, 2.45) is 0 Å². The summed E-state index contributed by atoms with van der Waals surface area (Å²) in [5.41, 5.74) is 0. The third kappa shape index (κ3) is 21.6. The molecule has 0 aromatic heterocycles. The molecule has 7 heteroatoms. The first kappa shape index (κ1) is 31.0. The molecule has 6 nitrogen and oxygen atoms in total. The summed E-state index contributed by atoms with van der Waals surface area (Å²) in [6.45, 7) is 3.94. The summed E-state index contributed by atoms with van der Waals surface area (Å²) in [5.74, 6) is -1.38. The summed E-state index contributed by atoms with van der Waals surface area (Å²) >= 11 is 0. The molecule has 0 aromatic rings. The number of quaternary nitrogens is 1. The lowest BCUT2D eigenvalue weighted by molar-refractivity contribution is -0.870. The van der Waals surface area contributed by atoms with Crippen molar-refractivity contribution in [3.05, 3.63) is 0 Å². The fourth-order valence-electron chi connectivity index (χ4n) is 3.38. The third-order valence-electron chi connectivity index (χ3n) is 5.58. The molecule has 2 atom stereocenters. The van der Waals surface area contributed by atoms with Crippen LogP contribution in [-0.2, 0) is 13.8 Å². The van der Waals surface area contributed by atoms with Crippen molar-refractivity contribution in [1.29, 1.82) is 0 Å². The first-order chi connectivity index (χ1) is 14.7. The summed E-state index contributed by atoms with van der Waals surface area (Å²) in [4.78, 5) is 9.84. The summed E-state index contributed by atoms with van der Waals surface area (Å²) in [6, 6.07) is 0. The summed E-state index contributed by atoms with van der Waals surface area (Å²) in [5, 5.41) is 9.91. The molecule has 0 amide bonds. The Balaban J connectivity index is 3.41. The van der Waals surface area contributed by atoms with Crippen LogP contribution in [-0.4, -0.2) is 67.8 Å². The number of hydrogen-bond donors (Lipinski definition) is 2. The van der Waals surface area contributed by atoms with Gasteiger partial charge in [0, 0.05) is 19.6 Å². The Hall–Kier alpha value is 0.0300. The van der Waals surface area contributed by atoms with Crippen LogP contribution in [0.2, 0.25) is 0 Å². The van der Waals surface area contributed by atoms with Gasteiger partial charge < -0.3 is 23.7 Å². The minimum atomic E-state index is -4.00. The van der Waals surface area contributed by atoms with Crippen molar-refractivity contribution >= 4 is 7.60 Å². The van der Waals surface area contributed by atoms with Crippen LogP contribution in [0.25, 0.3) is 0 Å². The van der Waals surface area contributed by atoms with Crippen molar-refractivity contribution < 1.29 is 28.3 Å². The molecule has 0 saturated carbocycles. The van der Waals surface area contributed by atoms with Gasteiger partial charge in [-0.05, 0) is 6.42 Å². The van der Waals surface area contributed by atoms with E-state index in [-0.39, 0.29) is 19.6 Å². The lowest BCUT2D eigenvalue weighted by Crippen LogP contribution is -2.37. The van der Waals surface area contributed by atoms with Gasteiger partial charge in [0.2, 0.25) is 0 Å². The molecule has 0 aromatic carbocycles. The van der Waals surface area contributed by atoms with E-state index in [9.17, 15) is 14.6 Å². The van der Waals surface area contributed by atoms with Crippen molar-refractivity contribution in [2.45, 2.75) is 109 Å². The number of unbranched alkanes of at least 4 members (excludes halogenated alkanes) is 13. The van der Waals surface area contributed by atoms with Crippen molar-refractivity contribution in [2.75, 3.05) is 47.5 Å². The number of ether oxygens (including phenoxy) is 1. The zero-order valence-corrected chi connectivity index (χ0v) is 21.9. The number of hydrogen-bond acceptors (Lipinski definition) is 4. The minimum absolute atomic E-state index is 0.122. The van der Waals surface area contributed by atoms with Gasteiger partial charge in [0.1, 0.15) is 13.2 Å². The molecule has 0 radical (unpaired) electrons. The normalized spacial score (nSPS) is 15.2. The van der Waals surface area contributed by atoms with Crippen LogP contribution in [0.15, 0.2) is 0 Å². The van der Waals surface area contributed by atoms with E-state index in [1.54, 1.807) is 0 Å². The maximum Gasteiger partial charge on any atom is 0.356 e. The maximum absolute atomic E-state index is 12.0. The van der Waals surface area contributed by atoms with Crippen LogP contribution < -0.4 is 0 Å². The molecular formula is C24H53NO5P+. The molecule has 0 aliphatic rings. The highest BCUT2D eigenvalue weighted by molar-refractivity contribution is 7.53. The summed E-state index contributed by atoms with van der Waals surface area (Å²) in [6.07, 6.45) is 18.7. The summed E-state index contributed by atoms with van der Waals surface area (Å²) in [7, 11) is 1.94. The molecule has 0 saturated heterocycles. The Labute approximate surface area is 192 Å². The van der Waals surface area contributed by atoms with Crippen molar-refractivity contribution in [1.82, 2.24) is 0 Å². The van der Waals surface area contributed by atoms with Gasteiger partial charge in [0.25, 0.3) is 0 Å². The Bertz CT molecular complexity index is 442. The molecule has 0 rings (SSSR count). The average Bonchev–Trinajstić information content (AvgIpc) is 2.69. The molecule has 188 valence electrons. The van der Waals surface area contributed by atoms with Gasteiger partial charge in [-0.15, -0.1) is 0 Å². The SMILES string of the molecule is CCCCCCCCCCCCCCCCOCCC(O)P(=O)(O)OCC[N+](C)(C)C. The topological polar surface area (TPSA) is 76.0 Å². The Morgan fingerprint density at radius 2 is 1.19 bits per heavy atom. The highest BCUT2D eigenvalue weighted by Gasteiger charge is 2.30. The molecular weight excluding hydrogens is 413 g/mol. The highest BCUT2D eigenvalue weighted by Crippen LogP contribution is 2.47. The number of aliphatic hydroxyl groups excluding tert-OH is 1. The van der Waals surface area contributed by atoms with E-state index in [1.807, 2.05) is 21.1 Å². The minimum Gasteiger partial charge on any atom is -0.381 e. The van der Waals surface area contributed by atoms with E-state index in [0.29, 0.717) is 17.6 Å². The van der Waals surface area contributed by atoms with Gasteiger partial charge in [0.05, 0.1) is 21.1 Å². The fraction of sp³-hybridized carbons (Fsp3) is 1.00. The average molecular weight is 467 g/mol. The van der Waals surface area contributed by atoms with Gasteiger partial charge in [-0.3, -0.25) is 4.57 Å². The Kier molecular flexibility index (Phi) is 19.5. The van der Waals surface area contributed by atoms with Gasteiger partial charge in [0.15, 0.2) is 5.85 Å². The van der Waals surface area contributed by atoms with Crippen molar-refractivity contribution in [3.63, 3.8) is 0 Å². The van der Waals surface area contributed by atoms with Crippen LogP contribution >= 0.6 is 7.60 Å². The number of rotatable bonds is 23. The standard InChI is InChI=1S/C24H52NO5P/c1-5-6-7-8-9-10-11-12-13-14-15-16-17-18-21-29-22-19-24(26)31(27,28)30-23-20-25(2,3)4/h24,26H,5-23H2,1-4H3/p+1. The van der Waals surface area contributed by atoms with E-state index >= 15 is 0 Å². The van der Waals surface area contributed by atoms with Gasteiger partial charge in [-0.25, -0.2) is 0 Å². The van der Waals surface area contributed by atoms with E-state index in [2.05, 4.69) is 6.92 Å². The Morgan fingerprint density at radius 3 is 1.65 bits per heavy atom. The lowest BCUT2D eigenvalue weighted by Gasteiger charge is -2.25. The molecule has 0 aliphatic heterocycles. The first-order valence-electron chi connectivity index (χ1n) is 12.7. The monoisotopic (exact) mass is 466 g/mol. The smallest absolute Gasteiger partial charge is 0.356 e. The van der Waals surface area contributed by atoms with Crippen LogP contribution in [0.4, 0.5) is 0 Å². The van der Waals surface area contributed by atoms with E-state index in [0.717, 1.165) is 12.8 Å². The number of likely N-dealkylation sites (N-methyl/N-ethyl adjacent to an activating group) is 1. The zero-order chi connectivity index (χ0) is 23.4. The van der Waals surface area contributed by atoms with Gasteiger partial charge in [-0.1, -0.05) is 90.4 Å².